The van der Waals surface area contributed by atoms with E-state index in [9.17, 15) is 0 Å². The predicted molar refractivity (Wildman–Crippen MR) is 216 cm³/mol. The molecular formula is C50H37N. The minimum absolute atomic E-state index is 0.0743. The van der Waals surface area contributed by atoms with Crippen molar-refractivity contribution in [3.63, 3.8) is 0 Å². The van der Waals surface area contributed by atoms with E-state index in [-0.39, 0.29) is 10.8 Å². The summed E-state index contributed by atoms with van der Waals surface area (Å²) in [5.41, 5.74) is 17.2. The first-order valence-corrected chi connectivity index (χ1v) is 18.2. The van der Waals surface area contributed by atoms with E-state index >= 15 is 0 Å². The molecule has 0 spiro atoms. The smallest absolute Gasteiger partial charge is 0.0582 e. The van der Waals surface area contributed by atoms with E-state index in [0.29, 0.717) is 0 Å². The molecule has 8 aromatic carbocycles. The summed E-state index contributed by atoms with van der Waals surface area (Å²) in [6.45, 7) is 9.64. The summed E-state index contributed by atoms with van der Waals surface area (Å²) in [5, 5.41) is 7.84. The van der Waals surface area contributed by atoms with Crippen molar-refractivity contribution in [3.8, 4) is 39.1 Å². The van der Waals surface area contributed by atoms with Gasteiger partial charge in [-0.3, -0.25) is 0 Å². The maximum atomic E-state index is 2.61. The Balaban J connectivity index is 1.14. The van der Waals surface area contributed by atoms with Gasteiger partial charge in [0.15, 0.2) is 0 Å². The highest BCUT2D eigenvalue weighted by Gasteiger charge is 2.43. The lowest BCUT2D eigenvalue weighted by atomic mass is 9.68. The van der Waals surface area contributed by atoms with Gasteiger partial charge in [-0.15, -0.1) is 0 Å². The normalized spacial score (nSPS) is 15.0. The first-order valence-electron chi connectivity index (χ1n) is 18.2. The number of para-hydroxylation sites is 2. The van der Waals surface area contributed by atoms with Gasteiger partial charge in [0.1, 0.15) is 0 Å². The number of hydrogen-bond acceptors (Lipinski definition) is 0. The standard InChI is InChI=1S/C50H37N/c1-49(2)40-21-12-20-38-39-28-33(29-43-47(39)51(46(38)40)48-41(49)22-13-23-42(48)50(43,3)4)30-24-26-32(27-25-30)45-36-18-10-8-16-34(36)44(31-14-6-5-7-15-31)35-17-9-11-19-37(35)45/h5-29H,1-4H3. The molecule has 242 valence electrons. The van der Waals surface area contributed by atoms with Gasteiger partial charge < -0.3 is 4.57 Å². The molecule has 0 radical (unpaired) electrons. The fraction of sp³-hybridized carbons (Fsp3) is 0.120. The summed E-state index contributed by atoms with van der Waals surface area (Å²) < 4.78 is 2.61. The Labute approximate surface area is 298 Å². The zero-order valence-corrected chi connectivity index (χ0v) is 29.4. The van der Waals surface area contributed by atoms with Gasteiger partial charge in [-0.25, -0.2) is 0 Å². The Morgan fingerprint density at radius 3 is 1.39 bits per heavy atom. The van der Waals surface area contributed by atoms with Crippen molar-refractivity contribution in [1.29, 1.82) is 0 Å². The molecule has 1 nitrogen and oxygen atoms in total. The van der Waals surface area contributed by atoms with Crippen molar-refractivity contribution in [2.45, 2.75) is 38.5 Å². The summed E-state index contributed by atoms with van der Waals surface area (Å²) in [5.74, 6) is 0. The minimum Gasteiger partial charge on any atom is -0.308 e. The van der Waals surface area contributed by atoms with E-state index < -0.39 is 0 Å². The van der Waals surface area contributed by atoms with Crippen molar-refractivity contribution < 1.29 is 0 Å². The average Bonchev–Trinajstić information content (AvgIpc) is 3.50. The second-order valence-corrected chi connectivity index (χ2v) is 15.7. The highest BCUT2D eigenvalue weighted by Crippen LogP contribution is 2.56. The largest absolute Gasteiger partial charge is 0.308 e. The Bertz CT molecular complexity index is 2880. The molecule has 11 rings (SSSR count). The molecule has 1 aromatic heterocycles. The molecule has 0 N–H and O–H groups in total. The predicted octanol–water partition coefficient (Wildman–Crippen LogP) is 13.4. The van der Waals surface area contributed by atoms with Crippen LogP contribution in [0, 0.1) is 0 Å². The van der Waals surface area contributed by atoms with Crippen LogP contribution in [0.5, 0.6) is 0 Å². The fourth-order valence-corrected chi connectivity index (χ4v) is 9.83. The van der Waals surface area contributed by atoms with E-state index in [1.165, 1.54) is 105 Å². The molecule has 51 heavy (non-hydrogen) atoms. The molecule has 3 heterocycles. The van der Waals surface area contributed by atoms with E-state index in [1.807, 2.05) is 0 Å². The fourth-order valence-electron chi connectivity index (χ4n) is 9.83. The zero-order valence-electron chi connectivity index (χ0n) is 29.4. The monoisotopic (exact) mass is 651 g/mol. The molecule has 2 aliphatic heterocycles. The zero-order chi connectivity index (χ0) is 34.2. The second-order valence-electron chi connectivity index (χ2n) is 15.7. The summed E-state index contributed by atoms with van der Waals surface area (Å²) in [4.78, 5) is 0. The van der Waals surface area contributed by atoms with Crippen LogP contribution >= 0.6 is 0 Å². The van der Waals surface area contributed by atoms with Crippen LogP contribution in [-0.2, 0) is 10.8 Å². The van der Waals surface area contributed by atoms with E-state index in [2.05, 4.69) is 184 Å². The first kappa shape index (κ1) is 28.9. The molecule has 0 saturated heterocycles. The highest BCUT2D eigenvalue weighted by atomic mass is 15.0. The molecule has 0 saturated carbocycles. The Hall–Kier alpha value is -5.92. The van der Waals surface area contributed by atoms with Crippen LogP contribution in [-0.4, -0.2) is 4.57 Å². The van der Waals surface area contributed by atoms with Crippen molar-refractivity contribution in [2.75, 3.05) is 0 Å². The molecule has 9 aromatic rings. The summed E-state index contributed by atoms with van der Waals surface area (Å²) >= 11 is 0. The lowest BCUT2D eigenvalue weighted by molar-refractivity contribution is 0.594. The summed E-state index contributed by atoms with van der Waals surface area (Å²) in [6.07, 6.45) is 0. The van der Waals surface area contributed by atoms with Gasteiger partial charge in [-0.05, 0) is 89.3 Å². The first-order chi connectivity index (χ1) is 24.8. The Morgan fingerprint density at radius 2 is 0.784 bits per heavy atom. The third-order valence-electron chi connectivity index (χ3n) is 12.3. The van der Waals surface area contributed by atoms with Gasteiger partial charge in [0, 0.05) is 21.6 Å². The lowest BCUT2D eigenvalue weighted by Crippen LogP contribution is -2.33. The lowest BCUT2D eigenvalue weighted by Gasteiger charge is -2.42. The van der Waals surface area contributed by atoms with Gasteiger partial charge in [-0.2, -0.15) is 0 Å². The van der Waals surface area contributed by atoms with Crippen molar-refractivity contribution in [3.05, 3.63) is 174 Å². The van der Waals surface area contributed by atoms with E-state index in [0.717, 1.165) is 0 Å². The third-order valence-corrected chi connectivity index (χ3v) is 12.3. The quantitative estimate of drug-likeness (QED) is 0.168. The summed E-state index contributed by atoms with van der Waals surface area (Å²) in [6, 6.07) is 56.9. The maximum Gasteiger partial charge on any atom is 0.0582 e. The molecule has 0 fully saturated rings. The van der Waals surface area contributed by atoms with Crippen LogP contribution < -0.4 is 0 Å². The SMILES string of the molecule is CC1(C)c2cccc3c2-n2c4c1cccc4c1cc(-c4ccc(-c5c6ccccc6c(-c6ccccc6)c6ccccc56)cc4)cc(c12)C3(C)C. The molecule has 0 atom stereocenters. The topological polar surface area (TPSA) is 4.93 Å². The molecule has 1 heteroatoms. The average molecular weight is 652 g/mol. The van der Waals surface area contributed by atoms with Gasteiger partial charge in [0.2, 0.25) is 0 Å². The number of nitrogens with zero attached hydrogens (tertiary/aromatic N) is 1. The number of fused-ring (bicyclic) bond motifs is 3. The second kappa shape index (κ2) is 9.86. The minimum atomic E-state index is -0.143. The van der Waals surface area contributed by atoms with Gasteiger partial charge in [0.25, 0.3) is 0 Å². The van der Waals surface area contributed by atoms with E-state index in [1.54, 1.807) is 0 Å². The van der Waals surface area contributed by atoms with Crippen LogP contribution in [0.1, 0.15) is 49.9 Å². The molecule has 0 aliphatic carbocycles. The van der Waals surface area contributed by atoms with E-state index in [4.69, 9.17) is 0 Å². The molecule has 0 bridgehead atoms. The van der Waals surface area contributed by atoms with Crippen molar-refractivity contribution in [1.82, 2.24) is 4.57 Å². The maximum absolute atomic E-state index is 2.61. The van der Waals surface area contributed by atoms with Crippen LogP contribution in [0.25, 0.3) is 82.4 Å². The molecule has 2 aliphatic rings. The Kier molecular flexibility index (Phi) is 5.58. The van der Waals surface area contributed by atoms with Gasteiger partial charge in [0.05, 0.1) is 16.7 Å². The van der Waals surface area contributed by atoms with Gasteiger partial charge in [-0.1, -0.05) is 167 Å². The van der Waals surface area contributed by atoms with Crippen LogP contribution in [0.4, 0.5) is 0 Å². The van der Waals surface area contributed by atoms with Crippen LogP contribution in [0.2, 0.25) is 0 Å². The molecule has 0 amide bonds. The van der Waals surface area contributed by atoms with Crippen LogP contribution in [0.3, 0.4) is 0 Å². The summed E-state index contributed by atoms with van der Waals surface area (Å²) in [7, 11) is 0. The number of benzene rings is 8. The molecular weight excluding hydrogens is 615 g/mol. The number of rotatable bonds is 3. The third kappa shape index (κ3) is 3.66. The van der Waals surface area contributed by atoms with Crippen molar-refractivity contribution in [2.24, 2.45) is 0 Å². The van der Waals surface area contributed by atoms with Crippen molar-refractivity contribution >= 4 is 43.4 Å². The van der Waals surface area contributed by atoms with Gasteiger partial charge >= 0.3 is 0 Å². The molecule has 0 unspecified atom stereocenters. The Morgan fingerprint density at radius 1 is 0.333 bits per heavy atom. The number of hydrogen-bond donors (Lipinski definition) is 0. The highest BCUT2D eigenvalue weighted by molar-refractivity contribution is 6.21. The number of aromatic nitrogens is 1. The van der Waals surface area contributed by atoms with Crippen LogP contribution in [0.15, 0.2) is 152 Å².